The van der Waals surface area contributed by atoms with Crippen LogP contribution in [0.3, 0.4) is 0 Å². The summed E-state index contributed by atoms with van der Waals surface area (Å²) < 4.78 is 5.64. The normalized spacial score (nSPS) is 10.3. The molecule has 0 atom stereocenters. The number of benzene rings is 1. The van der Waals surface area contributed by atoms with Crippen molar-refractivity contribution in [3.63, 3.8) is 0 Å². The quantitative estimate of drug-likeness (QED) is 0.831. The lowest BCUT2D eigenvalue weighted by molar-refractivity contribution is 0.460. The van der Waals surface area contributed by atoms with E-state index in [-0.39, 0.29) is 16.7 Å². The van der Waals surface area contributed by atoms with Gasteiger partial charge in [0.25, 0.3) is 0 Å². The molecule has 5 heteroatoms. The number of nitrogens with two attached hydrogens (primary N) is 1. The summed E-state index contributed by atoms with van der Waals surface area (Å²) in [4.78, 5) is 7.73. The van der Waals surface area contributed by atoms with Gasteiger partial charge in [-0.25, -0.2) is 4.98 Å². The highest BCUT2D eigenvalue weighted by Crippen LogP contribution is 2.31. The summed E-state index contributed by atoms with van der Waals surface area (Å²) in [7, 11) is 0. The Morgan fingerprint density at radius 3 is 2.76 bits per heavy atom. The van der Waals surface area contributed by atoms with E-state index in [1.165, 1.54) is 6.33 Å². The molecular formula is C12H12ClN3O. The number of rotatable bonds is 2. The first-order valence-electron chi connectivity index (χ1n) is 5.09. The smallest absolute Gasteiger partial charge is 0.247 e. The molecule has 0 aliphatic heterocycles. The Bertz CT molecular complexity index is 508. The maximum absolute atomic E-state index is 5.80. The Morgan fingerprint density at radius 1 is 1.24 bits per heavy atom. The third kappa shape index (κ3) is 2.31. The fourth-order valence-corrected chi connectivity index (χ4v) is 1.50. The van der Waals surface area contributed by atoms with E-state index in [1.807, 2.05) is 32.0 Å². The van der Waals surface area contributed by atoms with Crippen LogP contribution >= 0.6 is 11.6 Å². The van der Waals surface area contributed by atoms with Gasteiger partial charge in [-0.05, 0) is 31.0 Å². The van der Waals surface area contributed by atoms with Gasteiger partial charge >= 0.3 is 0 Å². The summed E-state index contributed by atoms with van der Waals surface area (Å²) in [5.74, 6) is 0.991. The second-order valence-corrected chi connectivity index (χ2v) is 4.04. The molecule has 0 aliphatic carbocycles. The first kappa shape index (κ1) is 11.7. The van der Waals surface area contributed by atoms with Gasteiger partial charge in [-0.15, -0.1) is 0 Å². The van der Waals surface area contributed by atoms with Gasteiger partial charge in [-0.1, -0.05) is 23.7 Å². The van der Waals surface area contributed by atoms with Crippen molar-refractivity contribution in [1.29, 1.82) is 0 Å². The van der Waals surface area contributed by atoms with Crippen LogP contribution in [0.1, 0.15) is 11.1 Å². The van der Waals surface area contributed by atoms with Crippen LogP contribution in [-0.4, -0.2) is 9.97 Å². The van der Waals surface area contributed by atoms with Gasteiger partial charge < -0.3 is 10.5 Å². The maximum atomic E-state index is 5.80. The molecule has 1 aromatic carbocycles. The number of aromatic nitrogens is 2. The Hall–Kier alpha value is -1.81. The maximum Gasteiger partial charge on any atom is 0.247 e. The Kier molecular flexibility index (Phi) is 3.15. The standard InChI is InChI=1S/C12H12ClN3O/c1-7-4-3-5-9(8(7)2)17-12-10(14)11(13)15-6-16-12/h3-6H,14H2,1-2H3. The number of hydrogen-bond acceptors (Lipinski definition) is 4. The lowest BCUT2D eigenvalue weighted by Crippen LogP contribution is -1.98. The third-order valence-corrected chi connectivity index (χ3v) is 2.86. The van der Waals surface area contributed by atoms with Crippen LogP contribution in [0.5, 0.6) is 11.6 Å². The number of aryl methyl sites for hydroxylation is 1. The number of hydrogen-bond donors (Lipinski definition) is 1. The molecule has 4 nitrogen and oxygen atoms in total. The third-order valence-electron chi connectivity index (χ3n) is 2.56. The van der Waals surface area contributed by atoms with Crippen molar-refractivity contribution in [3.8, 4) is 11.6 Å². The molecule has 0 bridgehead atoms. The lowest BCUT2D eigenvalue weighted by Gasteiger charge is -2.11. The number of halogens is 1. The van der Waals surface area contributed by atoms with E-state index in [0.717, 1.165) is 11.1 Å². The van der Waals surface area contributed by atoms with Crippen LogP contribution in [0.15, 0.2) is 24.5 Å². The van der Waals surface area contributed by atoms with E-state index in [1.54, 1.807) is 0 Å². The lowest BCUT2D eigenvalue weighted by atomic mass is 10.1. The molecule has 0 fully saturated rings. The Morgan fingerprint density at radius 2 is 2.00 bits per heavy atom. The summed E-state index contributed by atoms with van der Waals surface area (Å²) in [6, 6.07) is 5.78. The zero-order valence-corrected chi connectivity index (χ0v) is 10.3. The second kappa shape index (κ2) is 4.59. The van der Waals surface area contributed by atoms with Crippen molar-refractivity contribution in [3.05, 3.63) is 40.8 Å². The van der Waals surface area contributed by atoms with Gasteiger partial charge in [0, 0.05) is 0 Å². The van der Waals surface area contributed by atoms with Gasteiger partial charge in [0.05, 0.1) is 0 Å². The van der Waals surface area contributed by atoms with E-state index in [9.17, 15) is 0 Å². The molecule has 1 aromatic heterocycles. The highest BCUT2D eigenvalue weighted by atomic mass is 35.5. The number of nitrogen functional groups attached to an aromatic ring is 1. The first-order chi connectivity index (χ1) is 8.09. The minimum Gasteiger partial charge on any atom is -0.437 e. The summed E-state index contributed by atoms with van der Waals surface area (Å²) in [6.07, 6.45) is 1.32. The number of nitrogens with zero attached hydrogens (tertiary/aromatic N) is 2. The van der Waals surface area contributed by atoms with Crippen LogP contribution in [0.4, 0.5) is 5.69 Å². The first-order valence-corrected chi connectivity index (χ1v) is 5.47. The topological polar surface area (TPSA) is 61.0 Å². The molecule has 0 amide bonds. The van der Waals surface area contributed by atoms with Gasteiger partial charge in [0.2, 0.25) is 5.88 Å². The number of ether oxygens (including phenoxy) is 1. The largest absolute Gasteiger partial charge is 0.437 e. The fraction of sp³-hybridized carbons (Fsp3) is 0.167. The van der Waals surface area contributed by atoms with E-state index in [2.05, 4.69) is 9.97 Å². The van der Waals surface area contributed by atoms with Crippen molar-refractivity contribution in [1.82, 2.24) is 9.97 Å². The summed E-state index contributed by atoms with van der Waals surface area (Å²) in [6.45, 7) is 3.99. The monoisotopic (exact) mass is 249 g/mol. The molecule has 17 heavy (non-hydrogen) atoms. The molecule has 0 aliphatic rings. The highest BCUT2D eigenvalue weighted by molar-refractivity contribution is 6.32. The molecule has 0 spiro atoms. The zero-order chi connectivity index (χ0) is 12.4. The van der Waals surface area contributed by atoms with Crippen LogP contribution in [0.25, 0.3) is 0 Å². The molecule has 2 rings (SSSR count). The molecular weight excluding hydrogens is 238 g/mol. The molecule has 0 unspecified atom stereocenters. The molecule has 88 valence electrons. The van der Waals surface area contributed by atoms with Crippen molar-refractivity contribution in [2.45, 2.75) is 13.8 Å². The molecule has 2 aromatic rings. The zero-order valence-electron chi connectivity index (χ0n) is 9.57. The predicted octanol–water partition coefficient (Wildman–Crippen LogP) is 3.12. The predicted molar refractivity (Wildman–Crippen MR) is 67.4 cm³/mol. The molecule has 0 saturated carbocycles. The van der Waals surface area contributed by atoms with E-state index < -0.39 is 0 Å². The van der Waals surface area contributed by atoms with Gasteiger partial charge in [0.1, 0.15) is 17.8 Å². The van der Waals surface area contributed by atoms with Crippen LogP contribution in [0.2, 0.25) is 5.15 Å². The minimum atomic E-state index is 0.195. The summed E-state index contributed by atoms with van der Waals surface area (Å²) in [5, 5.41) is 0.195. The van der Waals surface area contributed by atoms with Gasteiger partial charge in [0.15, 0.2) is 5.15 Å². The second-order valence-electron chi connectivity index (χ2n) is 3.68. The summed E-state index contributed by atoms with van der Waals surface area (Å²) in [5.41, 5.74) is 8.17. The molecule has 2 N–H and O–H groups in total. The average molecular weight is 250 g/mol. The van der Waals surface area contributed by atoms with Crippen LogP contribution in [-0.2, 0) is 0 Å². The highest BCUT2D eigenvalue weighted by Gasteiger charge is 2.10. The Labute approximate surface area is 104 Å². The van der Waals surface area contributed by atoms with Gasteiger partial charge in [-0.3, -0.25) is 0 Å². The van der Waals surface area contributed by atoms with Crippen molar-refractivity contribution in [2.24, 2.45) is 0 Å². The Balaban J connectivity index is 2.38. The molecule has 1 heterocycles. The fourth-order valence-electron chi connectivity index (χ4n) is 1.38. The van der Waals surface area contributed by atoms with Crippen molar-refractivity contribution >= 4 is 17.3 Å². The van der Waals surface area contributed by atoms with E-state index >= 15 is 0 Å². The van der Waals surface area contributed by atoms with Crippen molar-refractivity contribution < 1.29 is 4.74 Å². The van der Waals surface area contributed by atoms with Crippen molar-refractivity contribution in [2.75, 3.05) is 5.73 Å². The van der Waals surface area contributed by atoms with Gasteiger partial charge in [-0.2, -0.15) is 4.98 Å². The molecule has 0 saturated heterocycles. The summed E-state index contributed by atoms with van der Waals surface area (Å²) >= 11 is 5.80. The molecule has 0 radical (unpaired) electrons. The SMILES string of the molecule is Cc1cccc(Oc2ncnc(Cl)c2N)c1C. The van der Waals surface area contributed by atoms with E-state index in [0.29, 0.717) is 5.75 Å². The average Bonchev–Trinajstić information content (AvgIpc) is 2.31. The number of anilines is 1. The van der Waals surface area contributed by atoms with Crippen LogP contribution < -0.4 is 10.5 Å². The minimum absolute atomic E-state index is 0.195. The van der Waals surface area contributed by atoms with E-state index in [4.69, 9.17) is 22.1 Å². The van der Waals surface area contributed by atoms with Crippen LogP contribution in [0, 0.1) is 13.8 Å².